The van der Waals surface area contributed by atoms with Crippen molar-refractivity contribution in [3.05, 3.63) is 30.1 Å². The first kappa shape index (κ1) is 13.8. The molecule has 0 bridgehead atoms. The number of aliphatic hydroxyl groups is 1. The number of hydrogen-bond acceptors (Lipinski definition) is 3. The minimum Gasteiger partial charge on any atom is -0.396 e. The second-order valence-corrected chi connectivity index (χ2v) is 4.87. The van der Waals surface area contributed by atoms with Gasteiger partial charge in [0.15, 0.2) is 0 Å². The van der Waals surface area contributed by atoms with Gasteiger partial charge in [-0.25, -0.2) is 4.39 Å². The quantitative estimate of drug-likeness (QED) is 0.867. The molecule has 1 heterocycles. The second-order valence-electron chi connectivity index (χ2n) is 4.87. The zero-order chi connectivity index (χ0) is 13.8. The van der Waals surface area contributed by atoms with Crippen LogP contribution in [0.2, 0.25) is 0 Å². The van der Waals surface area contributed by atoms with Crippen LogP contribution in [0.4, 0.5) is 10.1 Å². The zero-order valence-electron chi connectivity index (χ0n) is 11.0. The van der Waals surface area contributed by atoms with E-state index in [1.165, 1.54) is 6.07 Å². The Balaban J connectivity index is 2.33. The van der Waals surface area contributed by atoms with Gasteiger partial charge in [-0.3, -0.25) is 4.79 Å². The van der Waals surface area contributed by atoms with Crippen LogP contribution in [0.5, 0.6) is 0 Å². The van der Waals surface area contributed by atoms with Gasteiger partial charge in [0.2, 0.25) is 5.91 Å². The summed E-state index contributed by atoms with van der Waals surface area (Å²) in [5.41, 5.74) is 0.421. The van der Waals surface area contributed by atoms with Gasteiger partial charge < -0.3 is 15.3 Å². The predicted octanol–water partition coefficient (Wildman–Crippen LogP) is 1.29. The highest BCUT2D eigenvalue weighted by atomic mass is 19.1. The lowest BCUT2D eigenvalue weighted by Gasteiger charge is -2.30. The summed E-state index contributed by atoms with van der Waals surface area (Å²) in [5.74, 6) is -0.491. The van der Waals surface area contributed by atoms with Crippen molar-refractivity contribution < 1.29 is 14.3 Å². The number of halogens is 1. The molecule has 1 amide bonds. The molecule has 0 radical (unpaired) electrons. The summed E-state index contributed by atoms with van der Waals surface area (Å²) in [7, 11) is 0. The van der Waals surface area contributed by atoms with Crippen LogP contribution in [-0.2, 0) is 4.79 Å². The van der Waals surface area contributed by atoms with Gasteiger partial charge in [0.1, 0.15) is 11.9 Å². The molecular formula is C14H19FN2O2. The van der Waals surface area contributed by atoms with Crippen molar-refractivity contribution in [2.24, 2.45) is 0 Å². The number of carbonyl (C=O) groups is 1. The molecule has 19 heavy (non-hydrogen) atoms. The molecule has 1 aliphatic heterocycles. The van der Waals surface area contributed by atoms with Gasteiger partial charge in [-0.15, -0.1) is 0 Å². The fourth-order valence-corrected chi connectivity index (χ4v) is 2.42. The largest absolute Gasteiger partial charge is 0.396 e. The number of anilines is 1. The molecule has 2 rings (SSSR count). The predicted molar refractivity (Wildman–Crippen MR) is 71.5 cm³/mol. The van der Waals surface area contributed by atoms with Crippen molar-refractivity contribution in [1.29, 1.82) is 0 Å². The normalized spacial score (nSPS) is 23.9. The highest BCUT2D eigenvalue weighted by molar-refractivity contribution is 5.86. The van der Waals surface area contributed by atoms with Gasteiger partial charge in [0.05, 0.1) is 5.69 Å². The average molecular weight is 266 g/mol. The fourth-order valence-electron chi connectivity index (χ4n) is 2.42. The lowest BCUT2D eigenvalue weighted by Crippen LogP contribution is -2.46. The molecule has 1 aromatic carbocycles. The fraction of sp³-hybridized carbons (Fsp3) is 0.500. The summed E-state index contributed by atoms with van der Waals surface area (Å²) >= 11 is 0. The highest BCUT2D eigenvalue weighted by Gasteiger charge is 2.31. The molecule has 1 saturated heterocycles. The monoisotopic (exact) mass is 266 g/mol. The van der Waals surface area contributed by atoms with Crippen LogP contribution in [0.1, 0.15) is 19.8 Å². The maximum Gasteiger partial charge on any atom is 0.243 e. The van der Waals surface area contributed by atoms with Crippen molar-refractivity contribution >= 4 is 11.6 Å². The average Bonchev–Trinajstić information content (AvgIpc) is 2.51. The van der Waals surface area contributed by atoms with E-state index in [4.69, 9.17) is 5.11 Å². The molecule has 0 spiro atoms. The van der Waals surface area contributed by atoms with Crippen molar-refractivity contribution in [3.63, 3.8) is 0 Å². The summed E-state index contributed by atoms with van der Waals surface area (Å²) in [6, 6.07) is 5.97. The summed E-state index contributed by atoms with van der Waals surface area (Å²) < 4.78 is 13.9. The van der Waals surface area contributed by atoms with Crippen LogP contribution in [-0.4, -0.2) is 36.2 Å². The lowest BCUT2D eigenvalue weighted by molar-refractivity contribution is -0.122. The van der Waals surface area contributed by atoms with E-state index in [1.54, 1.807) is 23.1 Å². The van der Waals surface area contributed by atoms with Crippen molar-refractivity contribution in [1.82, 2.24) is 5.32 Å². The minimum atomic E-state index is -0.521. The Bertz CT molecular complexity index is 453. The molecule has 0 aromatic heterocycles. The first-order chi connectivity index (χ1) is 9.13. The summed E-state index contributed by atoms with van der Waals surface area (Å²) in [5, 5.41) is 12.0. The number of para-hydroxylation sites is 1. The Morgan fingerprint density at radius 3 is 2.89 bits per heavy atom. The van der Waals surface area contributed by atoms with Crippen LogP contribution in [0.25, 0.3) is 0 Å². The molecule has 104 valence electrons. The molecule has 0 saturated carbocycles. The minimum absolute atomic E-state index is 0.0606. The molecule has 2 N–H and O–H groups in total. The number of nitrogens with one attached hydrogen (secondary N) is 1. The van der Waals surface area contributed by atoms with Crippen LogP contribution in [0.3, 0.4) is 0 Å². The number of rotatable bonds is 3. The molecule has 4 nitrogen and oxygen atoms in total. The van der Waals surface area contributed by atoms with Gasteiger partial charge in [0, 0.05) is 19.2 Å². The van der Waals surface area contributed by atoms with E-state index in [0.29, 0.717) is 18.7 Å². The number of benzene rings is 1. The second kappa shape index (κ2) is 6.02. The van der Waals surface area contributed by atoms with Gasteiger partial charge in [-0.1, -0.05) is 12.1 Å². The molecule has 1 aliphatic rings. The Labute approximate surface area is 112 Å². The Hall–Kier alpha value is -1.62. The number of aliphatic hydroxyl groups excluding tert-OH is 1. The number of hydrogen-bond donors (Lipinski definition) is 2. The molecule has 2 atom stereocenters. The van der Waals surface area contributed by atoms with E-state index in [1.807, 2.05) is 6.92 Å². The van der Waals surface area contributed by atoms with E-state index in [9.17, 15) is 9.18 Å². The summed E-state index contributed by atoms with van der Waals surface area (Å²) in [4.78, 5) is 13.9. The van der Waals surface area contributed by atoms with E-state index in [0.717, 1.165) is 6.42 Å². The molecule has 0 aliphatic carbocycles. The third-order valence-electron chi connectivity index (χ3n) is 3.43. The summed E-state index contributed by atoms with van der Waals surface area (Å²) in [6.07, 6.45) is 1.05. The Morgan fingerprint density at radius 2 is 2.21 bits per heavy atom. The topological polar surface area (TPSA) is 52.6 Å². The van der Waals surface area contributed by atoms with Crippen LogP contribution in [0, 0.1) is 5.82 Å². The third-order valence-corrected chi connectivity index (χ3v) is 3.43. The van der Waals surface area contributed by atoms with Crippen LogP contribution < -0.4 is 10.2 Å². The van der Waals surface area contributed by atoms with Gasteiger partial charge in [0.25, 0.3) is 0 Å². The first-order valence-corrected chi connectivity index (χ1v) is 6.56. The number of nitrogens with zero attached hydrogens (tertiary/aromatic N) is 1. The SMILES string of the molecule is CC1CCN(c2ccccc2F)C(CCO)C(=O)N1. The van der Waals surface area contributed by atoms with Gasteiger partial charge >= 0.3 is 0 Å². The van der Waals surface area contributed by atoms with E-state index >= 15 is 0 Å². The standard InChI is InChI=1S/C14H19FN2O2/c1-10-6-8-17(12-5-3-2-4-11(12)15)13(7-9-18)14(19)16-10/h2-5,10,13,18H,6-9H2,1H3,(H,16,19). The Kier molecular flexibility index (Phi) is 4.37. The van der Waals surface area contributed by atoms with Crippen molar-refractivity contribution in [3.8, 4) is 0 Å². The molecule has 1 aromatic rings. The van der Waals surface area contributed by atoms with Crippen molar-refractivity contribution in [2.75, 3.05) is 18.1 Å². The van der Waals surface area contributed by atoms with Gasteiger partial charge in [-0.2, -0.15) is 0 Å². The smallest absolute Gasteiger partial charge is 0.243 e. The van der Waals surface area contributed by atoms with Gasteiger partial charge in [-0.05, 0) is 31.9 Å². The van der Waals surface area contributed by atoms with E-state index in [-0.39, 0.29) is 24.4 Å². The first-order valence-electron chi connectivity index (χ1n) is 6.56. The maximum atomic E-state index is 13.9. The Morgan fingerprint density at radius 1 is 1.47 bits per heavy atom. The lowest BCUT2D eigenvalue weighted by atomic mass is 10.1. The van der Waals surface area contributed by atoms with Crippen LogP contribution >= 0.6 is 0 Å². The van der Waals surface area contributed by atoms with E-state index < -0.39 is 6.04 Å². The third kappa shape index (κ3) is 3.04. The highest BCUT2D eigenvalue weighted by Crippen LogP contribution is 2.24. The van der Waals surface area contributed by atoms with Crippen molar-refractivity contribution in [2.45, 2.75) is 31.8 Å². The molecular weight excluding hydrogens is 247 g/mol. The summed E-state index contributed by atoms with van der Waals surface area (Å²) in [6.45, 7) is 2.42. The number of amides is 1. The molecule has 1 fully saturated rings. The number of carbonyl (C=O) groups excluding carboxylic acids is 1. The maximum absolute atomic E-state index is 13.9. The van der Waals surface area contributed by atoms with E-state index in [2.05, 4.69) is 5.32 Å². The molecule has 5 heteroatoms. The molecule has 2 unspecified atom stereocenters. The van der Waals surface area contributed by atoms with Crippen LogP contribution in [0.15, 0.2) is 24.3 Å². The zero-order valence-corrected chi connectivity index (χ0v) is 11.0.